The first-order chi connectivity index (χ1) is 8.92. The Bertz CT molecular complexity index is 240. The van der Waals surface area contributed by atoms with E-state index >= 15 is 0 Å². The van der Waals surface area contributed by atoms with Crippen LogP contribution < -0.4 is 5.32 Å². The smallest absolute Gasteiger partial charge is 0.236 e. The van der Waals surface area contributed by atoms with Crippen molar-refractivity contribution in [1.82, 2.24) is 15.1 Å². The van der Waals surface area contributed by atoms with Crippen LogP contribution in [0.15, 0.2) is 0 Å². The largest absolute Gasteiger partial charge is 0.342 e. The van der Waals surface area contributed by atoms with E-state index in [9.17, 15) is 4.79 Å². The SMILES string of the molecule is CCN(CC)CCCC(C)NCC(=O)N(C)C(C)C. The number of carbonyl (C=O) groups is 1. The van der Waals surface area contributed by atoms with Crippen molar-refractivity contribution in [3.8, 4) is 0 Å². The number of hydrogen-bond acceptors (Lipinski definition) is 3. The first kappa shape index (κ1) is 18.4. The van der Waals surface area contributed by atoms with Gasteiger partial charge in [0.2, 0.25) is 5.91 Å². The Morgan fingerprint density at radius 3 is 2.21 bits per heavy atom. The topological polar surface area (TPSA) is 35.6 Å². The molecule has 4 nitrogen and oxygen atoms in total. The summed E-state index contributed by atoms with van der Waals surface area (Å²) in [5, 5.41) is 3.32. The molecule has 0 aliphatic heterocycles. The zero-order valence-electron chi connectivity index (χ0n) is 13.7. The predicted octanol–water partition coefficient (Wildman–Crippen LogP) is 1.95. The van der Waals surface area contributed by atoms with Crippen molar-refractivity contribution in [2.24, 2.45) is 0 Å². The molecule has 0 saturated carbocycles. The van der Waals surface area contributed by atoms with Gasteiger partial charge in [0.1, 0.15) is 0 Å². The highest BCUT2D eigenvalue weighted by Crippen LogP contribution is 2.00. The fourth-order valence-electron chi connectivity index (χ4n) is 1.94. The number of rotatable bonds is 10. The minimum Gasteiger partial charge on any atom is -0.342 e. The van der Waals surface area contributed by atoms with Gasteiger partial charge < -0.3 is 15.1 Å². The van der Waals surface area contributed by atoms with Crippen LogP contribution in [0.5, 0.6) is 0 Å². The van der Waals surface area contributed by atoms with Gasteiger partial charge in [-0.3, -0.25) is 4.79 Å². The highest BCUT2D eigenvalue weighted by Gasteiger charge is 2.12. The molecule has 0 heterocycles. The summed E-state index contributed by atoms with van der Waals surface area (Å²) in [6.07, 6.45) is 2.30. The Labute approximate surface area is 119 Å². The lowest BCUT2D eigenvalue weighted by Gasteiger charge is -2.23. The summed E-state index contributed by atoms with van der Waals surface area (Å²) in [6.45, 7) is 14.5. The van der Waals surface area contributed by atoms with E-state index in [-0.39, 0.29) is 11.9 Å². The fourth-order valence-corrected chi connectivity index (χ4v) is 1.94. The maximum Gasteiger partial charge on any atom is 0.236 e. The number of nitrogens with one attached hydrogen (secondary N) is 1. The number of nitrogens with zero attached hydrogens (tertiary/aromatic N) is 2. The molecule has 19 heavy (non-hydrogen) atoms. The van der Waals surface area contributed by atoms with Crippen molar-refractivity contribution in [2.45, 2.75) is 59.5 Å². The van der Waals surface area contributed by atoms with Gasteiger partial charge in [0.05, 0.1) is 6.54 Å². The van der Waals surface area contributed by atoms with Gasteiger partial charge in [0.25, 0.3) is 0 Å². The third-order valence-corrected chi connectivity index (χ3v) is 3.78. The second-order valence-electron chi connectivity index (χ2n) is 5.55. The zero-order valence-corrected chi connectivity index (χ0v) is 13.7. The first-order valence-electron chi connectivity index (χ1n) is 7.63. The lowest BCUT2D eigenvalue weighted by Crippen LogP contribution is -2.42. The lowest BCUT2D eigenvalue weighted by atomic mass is 10.1. The molecule has 0 bridgehead atoms. The van der Waals surface area contributed by atoms with E-state index in [2.05, 4.69) is 31.0 Å². The fraction of sp³-hybridized carbons (Fsp3) is 0.933. The average molecular weight is 271 g/mol. The molecule has 0 saturated heterocycles. The van der Waals surface area contributed by atoms with E-state index in [4.69, 9.17) is 0 Å². The molecule has 1 atom stereocenters. The molecule has 0 aromatic carbocycles. The van der Waals surface area contributed by atoms with Crippen molar-refractivity contribution < 1.29 is 4.79 Å². The van der Waals surface area contributed by atoms with E-state index < -0.39 is 0 Å². The highest BCUT2D eigenvalue weighted by molar-refractivity contribution is 5.78. The molecule has 0 aliphatic carbocycles. The molecule has 0 radical (unpaired) electrons. The van der Waals surface area contributed by atoms with Crippen LogP contribution in [0, 0.1) is 0 Å². The Morgan fingerprint density at radius 2 is 1.74 bits per heavy atom. The molecule has 0 aliphatic rings. The molecule has 0 aromatic rings. The van der Waals surface area contributed by atoms with Crippen molar-refractivity contribution in [3.63, 3.8) is 0 Å². The molecule has 1 N–H and O–H groups in total. The molecule has 1 amide bonds. The van der Waals surface area contributed by atoms with Gasteiger partial charge in [-0.25, -0.2) is 0 Å². The molecule has 0 rings (SSSR count). The van der Waals surface area contributed by atoms with Crippen molar-refractivity contribution >= 4 is 5.91 Å². The van der Waals surface area contributed by atoms with E-state index in [1.807, 2.05) is 20.9 Å². The van der Waals surface area contributed by atoms with E-state index in [1.165, 1.54) is 6.42 Å². The number of hydrogen-bond donors (Lipinski definition) is 1. The lowest BCUT2D eigenvalue weighted by molar-refractivity contribution is -0.130. The van der Waals surface area contributed by atoms with Gasteiger partial charge in [0.15, 0.2) is 0 Å². The van der Waals surface area contributed by atoms with Crippen LogP contribution >= 0.6 is 0 Å². The third-order valence-electron chi connectivity index (χ3n) is 3.78. The summed E-state index contributed by atoms with van der Waals surface area (Å²) < 4.78 is 0. The Morgan fingerprint density at radius 1 is 1.16 bits per heavy atom. The van der Waals surface area contributed by atoms with Gasteiger partial charge in [-0.05, 0) is 53.2 Å². The molecule has 0 fully saturated rings. The maximum absolute atomic E-state index is 11.8. The van der Waals surface area contributed by atoms with Crippen LogP contribution in [0.2, 0.25) is 0 Å². The summed E-state index contributed by atoms with van der Waals surface area (Å²) in [5.74, 6) is 0.172. The Balaban J connectivity index is 3.75. The molecule has 0 spiro atoms. The summed E-state index contributed by atoms with van der Waals surface area (Å²) in [5.41, 5.74) is 0. The summed E-state index contributed by atoms with van der Waals surface area (Å²) in [6, 6.07) is 0.673. The van der Waals surface area contributed by atoms with Crippen LogP contribution in [0.1, 0.15) is 47.5 Å². The molecule has 4 heteroatoms. The predicted molar refractivity (Wildman–Crippen MR) is 82.4 cm³/mol. The second-order valence-corrected chi connectivity index (χ2v) is 5.55. The van der Waals surface area contributed by atoms with Crippen LogP contribution in [-0.4, -0.2) is 61.0 Å². The summed E-state index contributed by atoms with van der Waals surface area (Å²) >= 11 is 0. The van der Waals surface area contributed by atoms with Crippen molar-refractivity contribution in [2.75, 3.05) is 33.2 Å². The molecule has 1 unspecified atom stereocenters. The van der Waals surface area contributed by atoms with Crippen LogP contribution in [0.4, 0.5) is 0 Å². The van der Waals surface area contributed by atoms with Crippen LogP contribution in [0.25, 0.3) is 0 Å². The van der Waals surface area contributed by atoms with Gasteiger partial charge in [-0.15, -0.1) is 0 Å². The molecular weight excluding hydrogens is 238 g/mol. The van der Waals surface area contributed by atoms with Crippen molar-refractivity contribution in [3.05, 3.63) is 0 Å². The molecular formula is C15H33N3O. The molecule has 0 aromatic heterocycles. The number of likely N-dealkylation sites (N-methyl/N-ethyl adjacent to an activating group) is 1. The first-order valence-corrected chi connectivity index (χ1v) is 7.63. The standard InChI is InChI=1S/C15H33N3O/c1-7-18(8-2)11-9-10-14(5)16-12-15(19)17(6)13(3)4/h13-14,16H,7-12H2,1-6H3. The maximum atomic E-state index is 11.8. The summed E-state index contributed by atoms with van der Waals surface area (Å²) in [7, 11) is 1.86. The minimum absolute atomic E-state index is 0.172. The molecule has 114 valence electrons. The normalized spacial score (nSPS) is 13.1. The monoisotopic (exact) mass is 271 g/mol. The Kier molecular flexibility index (Phi) is 9.88. The average Bonchev–Trinajstić information content (AvgIpc) is 2.39. The van der Waals surface area contributed by atoms with Gasteiger partial charge in [-0.1, -0.05) is 13.8 Å². The second kappa shape index (κ2) is 10.2. The zero-order chi connectivity index (χ0) is 14.8. The van der Waals surface area contributed by atoms with E-state index in [0.717, 1.165) is 26.1 Å². The van der Waals surface area contributed by atoms with Crippen molar-refractivity contribution in [1.29, 1.82) is 0 Å². The van der Waals surface area contributed by atoms with Crippen LogP contribution in [0.3, 0.4) is 0 Å². The highest BCUT2D eigenvalue weighted by atomic mass is 16.2. The number of carbonyl (C=O) groups excluding carboxylic acids is 1. The summed E-state index contributed by atoms with van der Waals surface area (Å²) in [4.78, 5) is 16.0. The van der Waals surface area contributed by atoms with Gasteiger partial charge in [-0.2, -0.15) is 0 Å². The van der Waals surface area contributed by atoms with E-state index in [0.29, 0.717) is 12.6 Å². The third kappa shape index (κ3) is 8.22. The van der Waals surface area contributed by atoms with E-state index in [1.54, 1.807) is 4.90 Å². The van der Waals surface area contributed by atoms with Gasteiger partial charge in [0, 0.05) is 19.1 Å². The number of amides is 1. The van der Waals surface area contributed by atoms with Gasteiger partial charge >= 0.3 is 0 Å². The minimum atomic E-state index is 0.172. The van der Waals surface area contributed by atoms with Crippen LogP contribution in [-0.2, 0) is 4.79 Å². The quantitative estimate of drug-likeness (QED) is 0.660. The Hall–Kier alpha value is -0.610.